The number of nitrogens with two attached hydrogens (primary N) is 1. The number of sulfonamides is 1. The predicted octanol–water partition coefficient (Wildman–Crippen LogP) is 0.458. The van der Waals surface area contributed by atoms with E-state index in [1.165, 1.54) is 12.3 Å². The van der Waals surface area contributed by atoms with Crippen LogP contribution < -0.4 is 11.1 Å². The first-order chi connectivity index (χ1) is 13.4. The van der Waals surface area contributed by atoms with Crippen molar-refractivity contribution in [1.82, 2.24) is 14.6 Å². The van der Waals surface area contributed by atoms with E-state index in [9.17, 15) is 22.8 Å². The van der Waals surface area contributed by atoms with E-state index < -0.39 is 33.3 Å². The number of aromatic nitrogens is 1. The second-order valence-corrected chi connectivity index (χ2v) is 10.1. The zero-order chi connectivity index (χ0) is 21.8. The second kappa shape index (κ2) is 9.00. The van der Waals surface area contributed by atoms with Crippen LogP contribution in [-0.2, 0) is 24.4 Å². The third kappa shape index (κ3) is 6.07. The number of carbonyl (C=O) groups is 3. The summed E-state index contributed by atoms with van der Waals surface area (Å²) < 4.78 is 27.0. The minimum atomic E-state index is -3.93. The van der Waals surface area contributed by atoms with Gasteiger partial charge >= 0.3 is 0 Å². The highest BCUT2D eigenvalue weighted by atomic mass is 32.2. The Hall–Kier alpha value is -2.33. The van der Waals surface area contributed by atoms with Gasteiger partial charge in [-0.25, -0.2) is 13.4 Å². The third-order valence-corrected chi connectivity index (χ3v) is 6.66. The molecular formula is C19H28N4O5S. The molecule has 1 aliphatic heterocycles. The quantitative estimate of drug-likeness (QED) is 0.652. The Kier molecular flexibility index (Phi) is 7.12. The number of primary amides is 1. The van der Waals surface area contributed by atoms with Gasteiger partial charge in [-0.3, -0.25) is 14.4 Å². The lowest BCUT2D eigenvalue weighted by Crippen LogP contribution is -2.44. The van der Waals surface area contributed by atoms with Crippen LogP contribution in [0.4, 0.5) is 0 Å². The van der Waals surface area contributed by atoms with Crippen LogP contribution in [0, 0.1) is 11.3 Å². The summed E-state index contributed by atoms with van der Waals surface area (Å²) in [6.45, 7) is 5.12. The van der Waals surface area contributed by atoms with Crippen molar-refractivity contribution in [2.24, 2.45) is 17.1 Å². The number of nitrogens with zero attached hydrogens (tertiary/aromatic N) is 2. The van der Waals surface area contributed by atoms with Crippen LogP contribution >= 0.6 is 0 Å². The lowest BCUT2D eigenvalue weighted by atomic mass is 9.85. The molecule has 1 fully saturated rings. The largest absolute Gasteiger partial charge is 0.369 e. The molecule has 10 heteroatoms. The summed E-state index contributed by atoms with van der Waals surface area (Å²) in [5.74, 6) is -1.68. The molecule has 2 atom stereocenters. The van der Waals surface area contributed by atoms with E-state index in [-0.39, 0.29) is 42.6 Å². The molecule has 1 saturated heterocycles. The molecule has 29 heavy (non-hydrogen) atoms. The molecule has 2 amide bonds. The fraction of sp³-hybridized carbons (Fsp3) is 0.579. The van der Waals surface area contributed by atoms with Gasteiger partial charge in [-0.2, -0.15) is 4.31 Å². The van der Waals surface area contributed by atoms with Crippen molar-refractivity contribution < 1.29 is 22.8 Å². The number of carbonyl (C=O) groups excluding carboxylic acids is 3. The van der Waals surface area contributed by atoms with Crippen molar-refractivity contribution in [2.45, 2.75) is 51.1 Å². The van der Waals surface area contributed by atoms with Crippen LogP contribution in [0.2, 0.25) is 0 Å². The van der Waals surface area contributed by atoms with Crippen LogP contribution in [0.1, 0.15) is 40.0 Å². The van der Waals surface area contributed by atoms with Gasteiger partial charge in [0.25, 0.3) is 10.0 Å². The molecule has 1 unspecified atom stereocenters. The van der Waals surface area contributed by atoms with E-state index in [2.05, 4.69) is 10.3 Å². The third-order valence-electron chi connectivity index (χ3n) is 4.95. The van der Waals surface area contributed by atoms with E-state index in [1.807, 2.05) is 13.8 Å². The smallest absolute Gasteiger partial charge is 0.260 e. The Labute approximate surface area is 171 Å². The van der Waals surface area contributed by atoms with Crippen molar-refractivity contribution in [3.63, 3.8) is 0 Å². The van der Waals surface area contributed by atoms with E-state index in [1.54, 1.807) is 19.1 Å². The van der Waals surface area contributed by atoms with Gasteiger partial charge in [0, 0.05) is 25.1 Å². The lowest BCUT2D eigenvalue weighted by molar-refractivity contribution is -0.128. The van der Waals surface area contributed by atoms with Gasteiger partial charge in [0.1, 0.15) is 0 Å². The first-order valence-corrected chi connectivity index (χ1v) is 10.9. The van der Waals surface area contributed by atoms with Crippen molar-refractivity contribution in [1.29, 1.82) is 0 Å². The predicted molar refractivity (Wildman–Crippen MR) is 106 cm³/mol. The highest BCUT2D eigenvalue weighted by Gasteiger charge is 2.40. The summed E-state index contributed by atoms with van der Waals surface area (Å²) in [6, 6.07) is 3.77. The zero-order valence-corrected chi connectivity index (χ0v) is 17.7. The van der Waals surface area contributed by atoms with Crippen molar-refractivity contribution in [3.8, 4) is 0 Å². The number of Topliss-reactive ketones (excluding diaryl/α,β-unsaturated/α-hetero) is 1. The topological polar surface area (TPSA) is 140 Å². The van der Waals surface area contributed by atoms with E-state index in [0.29, 0.717) is 6.42 Å². The highest BCUT2D eigenvalue weighted by Crippen LogP contribution is 2.30. The maximum atomic E-state index is 12.9. The molecule has 1 aromatic heterocycles. The van der Waals surface area contributed by atoms with Gasteiger partial charge in [-0.05, 0) is 30.4 Å². The molecule has 0 spiro atoms. The van der Waals surface area contributed by atoms with Crippen molar-refractivity contribution >= 4 is 27.6 Å². The maximum Gasteiger partial charge on any atom is 0.260 e. The minimum Gasteiger partial charge on any atom is -0.369 e. The van der Waals surface area contributed by atoms with Gasteiger partial charge in [0.2, 0.25) is 11.8 Å². The minimum absolute atomic E-state index is 0.0598. The molecule has 3 N–H and O–H groups in total. The number of hydrogen-bond donors (Lipinski definition) is 2. The number of nitrogens with one attached hydrogen (secondary N) is 1. The summed E-state index contributed by atoms with van der Waals surface area (Å²) in [4.78, 5) is 40.0. The standard InChI is InChI=1S/C19H28N4O5S/c1-13(18(20)26)7-8-16(25)22-14-10-19(2,3)12-23(11-15(14)24)29(27,28)17-6-4-5-9-21-17/h4-6,9,13-14H,7-8,10-12H2,1-3H3,(H2,20,26)(H,22,25)/t13?,14-/m0/s1. The summed E-state index contributed by atoms with van der Waals surface area (Å²) >= 11 is 0. The molecule has 0 aromatic carbocycles. The van der Waals surface area contributed by atoms with Crippen LogP contribution in [0.25, 0.3) is 0 Å². The zero-order valence-electron chi connectivity index (χ0n) is 16.9. The highest BCUT2D eigenvalue weighted by molar-refractivity contribution is 7.89. The van der Waals surface area contributed by atoms with Gasteiger partial charge in [-0.15, -0.1) is 0 Å². The van der Waals surface area contributed by atoms with Gasteiger partial charge in [0.05, 0.1) is 12.6 Å². The number of rotatable bonds is 7. The summed E-state index contributed by atoms with van der Waals surface area (Å²) in [5, 5.41) is 2.57. The van der Waals surface area contributed by atoms with Crippen LogP contribution in [0.15, 0.2) is 29.4 Å². The Bertz CT molecular complexity index is 870. The molecule has 0 saturated carbocycles. The molecule has 160 valence electrons. The van der Waals surface area contributed by atoms with Gasteiger partial charge < -0.3 is 11.1 Å². The SMILES string of the molecule is CC(CCC(=O)N[C@H]1CC(C)(C)CN(S(=O)(=O)c2ccccn2)CC1=O)C(N)=O. The number of ketones is 1. The number of amides is 2. The molecule has 9 nitrogen and oxygen atoms in total. The average molecular weight is 425 g/mol. The number of hydrogen-bond acceptors (Lipinski definition) is 6. The summed E-state index contributed by atoms with van der Waals surface area (Å²) in [7, 11) is -3.93. The normalized spacial score (nSPS) is 21.2. The fourth-order valence-corrected chi connectivity index (χ4v) is 4.76. The van der Waals surface area contributed by atoms with Crippen molar-refractivity contribution in [3.05, 3.63) is 24.4 Å². The maximum absolute atomic E-state index is 12.9. The molecule has 0 radical (unpaired) electrons. The Morgan fingerprint density at radius 3 is 2.66 bits per heavy atom. The number of pyridine rings is 1. The summed E-state index contributed by atoms with van der Waals surface area (Å²) in [6.07, 6.45) is 2.03. The second-order valence-electron chi connectivity index (χ2n) is 8.24. The van der Waals surface area contributed by atoms with Gasteiger partial charge in [-0.1, -0.05) is 26.8 Å². The van der Waals surface area contributed by atoms with Crippen LogP contribution in [-0.4, -0.2) is 54.4 Å². The molecule has 0 bridgehead atoms. The van der Waals surface area contributed by atoms with E-state index in [0.717, 1.165) is 4.31 Å². The molecule has 1 aromatic rings. The van der Waals surface area contributed by atoms with Crippen LogP contribution in [0.5, 0.6) is 0 Å². The first-order valence-electron chi connectivity index (χ1n) is 9.45. The van der Waals surface area contributed by atoms with Crippen LogP contribution in [0.3, 0.4) is 0 Å². The monoisotopic (exact) mass is 424 g/mol. The molecule has 1 aliphatic rings. The summed E-state index contributed by atoms with van der Waals surface area (Å²) in [5.41, 5.74) is 4.65. The lowest BCUT2D eigenvalue weighted by Gasteiger charge is -2.29. The van der Waals surface area contributed by atoms with Gasteiger partial charge in [0.15, 0.2) is 10.8 Å². The average Bonchev–Trinajstić information content (AvgIpc) is 2.76. The van der Waals surface area contributed by atoms with Crippen molar-refractivity contribution in [2.75, 3.05) is 13.1 Å². The Morgan fingerprint density at radius 2 is 2.07 bits per heavy atom. The van der Waals surface area contributed by atoms with E-state index >= 15 is 0 Å². The Balaban J connectivity index is 2.13. The Morgan fingerprint density at radius 1 is 1.38 bits per heavy atom. The van der Waals surface area contributed by atoms with E-state index in [4.69, 9.17) is 5.73 Å². The molecular weight excluding hydrogens is 396 g/mol. The molecule has 0 aliphatic carbocycles. The molecule has 2 rings (SSSR count). The first kappa shape index (κ1) is 23.0. The fourth-order valence-electron chi connectivity index (χ4n) is 3.24. The molecule has 2 heterocycles.